The molecule has 0 spiro atoms. The molecule has 2 aromatic carbocycles. The summed E-state index contributed by atoms with van der Waals surface area (Å²) in [7, 11) is 0. The zero-order valence-corrected chi connectivity index (χ0v) is 17.3. The fraction of sp³-hybridized carbons (Fsp3) is 0.190. The van der Waals surface area contributed by atoms with Crippen LogP contribution in [0.3, 0.4) is 0 Å². The predicted octanol–water partition coefficient (Wildman–Crippen LogP) is 4.67. The molecule has 0 atom stereocenters. The molecule has 3 aromatic rings. The Kier molecular flexibility index (Phi) is 6.90. The highest BCUT2D eigenvalue weighted by Crippen LogP contribution is 2.25. The molecule has 8 heteroatoms. The predicted molar refractivity (Wildman–Crippen MR) is 115 cm³/mol. The van der Waals surface area contributed by atoms with Gasteiger partial charge in [0.05, 0.1) is 28.2 Å². The van der Waals surface area contributed by atoms with E-state index in [0.717, 1.165) is 5.69 Å². The van der Waals surface area contributed by atoms with Crippen molar-refractivity contribution in [3.63, 3.8) is 0 Å². The Labute approximate surface area is 179 Å². The van der Waals surface area contributed by atoms with Crippen LogP contribution in [0.25, 0.3) is 5.69 Å². The number of anilines is 1. The minimum absolute atomic E-state index is 0.105. The molecular formula is C21H20Cl2N4O2. The van der Waals surface area contributed by atoms with Crippen LogP contribution in [0, 0.1) is 0 Å². The van der Waals surface area contributed by atoms with Gasteiger partial charge in [0.2, 0.25) is 5.91 Å². The van der Waals surface area contributed by atoms with Gasteiger partial charge < -0.3 is 10.2 Å². The minimum Gasteiger partial charge on any atom is -0.329 e. The number of carbonyl (C=O) groups is 2. The second kappa shape index (κ2) is 9.58. The molecule has 1 heterocycles. The third kappa shape index (κ3) is 5.37. The SMILES string of the molecule is CCCN(CC(=O)Nc1cc(Cl)ccc1Cl)C(=O)c1cnn(-c2ccccc2)c1. The molecule has 6 nitrogen and oxygen atoms in total. The second-order valence-corrected chi connectivity index (χ2v) is 7.25. The number of nitrogens with zero attached hydrogens (tertiary/aromatic N) is 3. The van der Waals surface area contributed by atoms with Gasteiger partial charge in [-0.1, -0.05) is 48.3 Å². The van der Waals surface area contributed by atoms with Gasteiger partial charge in [-0.25, -0.2) is 4.68 Å². The topological polar surface area (TPSA) is 67.2 Å². The highest BCUT2D eigenvalue weighted by Gasteiger charge is 2.20. The van der Waals surface area contributed by atoms with Crippen molar-refractivity contribution in [3.05, 3.63) is 76.5 Å². The van der Waals surface area contributed by atoms with Gasteiger partial charge in [0, 0.05) is 17.8 Å². The van der Waals surface area contributed by atoms with Crippen LogP contribution in [-0.4, -0.2) is 39.6 Å². The molecule has 29 heavy (non-hydrogen) atoms. The number of para-hydroxylation sites is 1. The second-order valence-electron chi connectivity index (χ2n) is 6.41. The molecule has 0 saturated heterocycles. The van der Waals surface area contributed by atoms with Gasteiger partial charge >= 0.3 is 0 Å². The molecule has 0 aliphatic carbocycles. The van der Waals surface area contributed by atoms with Gasteiger partial charge in [-0.05, 0) is 36.8 Å². The molecular weight excluding hydrogens is 411 g/mol. The molecule has 0 radical (unpaired) electrons. The van der Waals surface area contributed by atoms with E-state index in [1.54, 1.807) is 29.1 Å². The van der Waals surface area contributed by atoms with Gasteiger partial charge in [0.15, 0.2) is 0 Å². The monoisotopic (exact) mass is 430 g/mol. The van der Waals surface area contributed by atoms with Crippen molar-refractivity contribution in [1.29, 1.82) is 0 Å². The first kappa shape index (κ1) is 20.9. The summed E-state index contributed by atoms with van der Waals surface area (Å²) >= 11 is 12.0. The van der Waals surface area contributed by atoms with Crippen molar-refractivity contribution in [2.45, 2.75) is 13.3 Å². The van der Waals surface area contributed by atoms with E-state index in [-0.39, 0.29) is 18.4 Å². The van der Waals surface area contributed by atoms with Crippen molar-refractivity contribution >= 4 is 40.7 Å². The van der Waals surface area contributed by atoms with Crippen molar-refractivity contribution in [2.24, 2.45) is 0 Å². The third-order valence-electron chi connectivity index (χ3n) is 4.17. The fourth-order valence-electron chi connectivity index (χ4n) is 2.82. The Hall–Kier alpha value is -2.83. The standard InChI is InChI=1S/C21H20Cl2N4O2/c1-2-10-26(14-20(28)25-19-11-16(22)8-9-18(19)23)21(29)15-12-24-27(13-15)17-6-4-3-5-7-17/h3-9,11-13H,2,10,14H2,1H3,(H,25,28). The van der Waals surface area contributed by atoms with Crippen molar-refractivity contribution < 1.29 is 9.59 Å². The van der Waals surface area contributed by atoms with Gasteiger partial charge in [-0.15, -0.1) is 0 Å². The van der Waals surface area contributed by atoms with E-state index in [4.69, 9.17) is 23.2 Å². The molecule has 1 N–H and O–H groups in total. The number of hydrogen-bond acceptors (Lipinski definition) is 3. The smallest absolute Gasteiger partial charge is 0.257 e. The van der Waals surface area contributed by atoms with Crippen molar-refractivity contribution in [1.82, 2.24) is 14.7 Å². The Morgan fingerprint density at radius 1 is 1.14 bits per heavy atom. The number of nitrogens with one attached hydrogen (secondary N) is 1. The quantitative estimate of drug-likeness (QED) is 0.591. The van der Waals surface area contributed by atoms with Crippen molar-refractivity contribution in [2.75, 3.05) is 18.4 Å². The molecule has 0 fully saturated rings. The van der Waals surface area contributed by atoms with E-state index in [1.165, 1.54) is 11.1 Å². The summed E-state index contributed by atoms with van der Waals surface area (Å²) in [5.74, 6) is -0.618. The number of hydrogen-bond donors (Lipinski definition) is 1. The van der Waals surface area contributed by atoms with Crippen LogP contribution in [0.5, 0.6) is 0 Å². The highest BCUT2D eigenvalue weighted by atomic mass is 35.5. The average Bonchev–Trinajstić information content (AvgIpc) is 3.21. The summed E-state index contributed by atoms with van der Waals surface area (Å²) in [6, 6.07) is 14.3. The summed E-state index contributed by atoms with van der Waals surface area (Å²) in [6.07, 6.45) is 3.87. The third-order valence-corrected chi connectivity index (χ3v) is 4.73. The molecule has 3 rings (SSSR count). The maximum Gasteiger partial charge on any atom is 0.257 e. The minimum atomic E-state index is -0.355. The van der Waals surface area contributed by atoms with Gasteiger partial charge in [-0.3, -0.25) is 9.59 Å². The zero-order chi connectivity index (χ0) is 20.8. The summed E-state index contributed by atoms with van der Waals surface area (Å²) in [5, 5.41) is 7.80. The maximum atomic E-state index is 12.9. The number of aromatic nitrogens is 2. The number of carbonyl (C=O) groups excluding carboxylic acids is 2. The largest absolute Gasteiger partial charge is 0.329 e. The fourth-order valence-corrected chi connectivity index (χ4v) is 3.15. The van der Waals surface area contributed by atoms with Crippen LogP contribution < -0.4 is 5.32 Å². The first-order valence-electron chi connectivity index (χ1n) is 9.12. The van der Waals surface area contributed by atoms with Gasteiger partial charge in [0.25, 0.3) is 5.91 Å². The Morgan fingerprint density at radius 2 is 1.90 bits per heavy atom. The Balaban J connectivity index is 1.72. The van der Waals surface area contributed by atoms with Crippen LogP contribution in [0.4, 0.5) is 5.69 Å². The van der Waals surface area contributed by atoms with E-state index >= 15 is 0 Å². The van der Waals surface area contributed by atoms with Crippen molar-refractivity contribution in [3.8, 4) is 5.69 Å². The first-order chi connectivity index (χ1) is 14.0. The maximum absolute atomic E-state index is 12.9. The molecule has 0 unspecified atom stereocenters. The van der Waals surface area contributed by atoms with E-state index in [2.05, 4.69) is 10.4 Å². The lowest BCUT2D eigenvalue weighted by Crippen LogP contribution is -2.38. The first-order valence-corrected chi connectivity index (χ1v) is 9.87. The lowest BCUT2D eigenvalue weighted by atomic mass is 10.2. The number of amides is 2. The van der Waals surface area contributed by atoms with E-state index < -0.39 is 0 Å². The summed E-state index contributed by atoms with van der Waals surface area (Å²) < 4.78 is 1.63. The lowest BCUT2D eigenvalue weighted by molar-refractivity contribution is -0.116. The summed E-state index contributed by atoms with van der Waals surface area (Å²) in [4.78, 5) is 26.9. The van der Waals surface area contributed by atoms with E-state index in [0.29, 0.717) is 34.3 Å². The van der Waals surface area contributed by atoms with E-state index in [1.807, 2.05) is 37.3 Å². The number of benzene rings is 2. The number of halogens is 2. The molecule has 0 aliphatic rings. The summed E-state index contributed by atoms with van der Waals surface area (Å²) in [6.45, 7) is 2.28. The molecule has 1 aromatic heterocycles. The Bertz CT molecular complexity index is 1000. The lowest BCUT2D eigenvalue weighted by Gasteiger charge is -2.21. The zero-order valence-electron chi connectivity index (χ0n) is 15.8. The number of rotatable bonds is 7. The average molecular weight is 431 g/mol. The highest BCUT2D eigenvalue weighted by molar-refractivity contribution is 6.35. The van der Waals surface area contributed by atoms with E-state index in [9.17, 15) is 9.59 Å². The summed E-state index contributed by atoms with van der Waals surface area (Å²) in [5.41, 5.74) is 1.67. The van der Waals surface area contributed by atoms with Crippen LogP contribution in [0.15, 0.2) is 60.9 Å². The van der Waals surface area contributed by atoms with Gasteiger partial charge in [-0.2, -0.15) is 5.10 Å². The van der Waals surface area contributed by atoms with Crippen LogP contribution in [0.2, 0.25) is 10.0 Å². The molecule has 0 bridgehead atoms. The normalized spacial score (nSPS) is 10.6. The van der Waals surface area contributed by atoms with Crippen LogP contribution in [-0.2, 0) is 4.79 Å². The molecule has 2 amide bonds. The molecule has 0 saturated carbocycles. The molecule has 0 aliphatic heterocycles. The Morgan fingerprint density at radius 3 is 2.62 bits per heavy atom. The molecule has 150 valence electrons. The van der Waals surface area contributed by atoms with Gasteiger partial charge in [0.1, 0.15) is 6.54 Å². The van der Waals surface area contributed by atoms with Crippen LogP contribution in [0.1, 0.15) is 23.7 Å². The van der Waals surface area contributed by atoms with Crippen LogP contribution >= 0.6 is 23.2 Å².